The normalized spacial score (nSPS) is 15.7. The van der Waals surface area contributed by atoms with Gasteiger partial charge in [0.15, 0.2) is 5.82 Å². The van der Waals surface area contributed by atoms with Gasteiger partial charge in [0.05, 0.1) is 24.1 Å². The number of carbonyl (C=O) groups excluding carboxylic acids is 1. The van der Waals surface area contributed by atoms with Crippen LogP contribution in [0.3, 0.4) is 0 Å². The number of hydrogen-bond acceptors (Lipinski definition) is 6. The molecule has 1 amide bonds. The van der Waals surface area contributed by atoms with Crippen molar-refractivity contribution in [1.29, 1.82) is 0 Å². The van der Waals surface area contributed by atoms with Gasteiger partial charge in [0.25, 0.3) is 5.56 Å². The Kier molecular flexibility index (Phi) is 6.22. The number of hydrogen-bond donors (Lipinski definition) is 0. The molecule has 2 aromatic heterocycles. The molecule has 0 atom stereocenters. The minimum Gasteiger partial charge on any atom is -0.449 e. The maximum Gasteiger partial charge on any atom is 0.409 e. The molecule has 4 rings (SSSR count). The molecule has 1 fully saturated rings. The zero-order valence-corrected chi connectivity index (χ0v) is 18.5. The number of rotatable bonds is 5. The van der Waals surface area contributed by atoms with E-state index in [9.17, 15) is 9.59 Å². The van der Waals surface area contributed by atoms with Crippen molar-refractivity contribution < 1.29 is 9.53 Å². The number of nitrogens with zero attached hydrogens (tertiary/aromatic N) is 6. The summed E-state index contributed by atoms with van der Waals surface area (Å²) in [6.45, 7) is 10.5. The average molecular weight is 427 g/mol. The van der Waals surface area contributed by atoms with Crippen molar-refractivity contribution in [2.24, 2.45) is 5.92 Å². The third-order valence-corrected chi connectivity index (χ3v) is 5.64. The van der Waals surface area contributed by atoms with Gasteiger partial charge in [-0.1, -0.05) is 26.0 Å². The Morgan fingerprint density at radius 3 is 2.71 bits per heavy atom. The molecule has 0 bridgehead atoms. The molecule has 0 saturated carbocycles. The second-order valence-electron chi connectivity index (χ2n) is 8.41. The van der Waals surface area contributed by atoms with Crippen LogP contribution in [0.5, 0.6) is 0 Å². The molecule has 1 aliphatic rings. The smallest absolute Gasteiger partial charge is 0.409 e. The van der Waals surface area contributed by atoms with Gasteiger partial charge in [-0.2, -0.15) is 0 Å². The van der Waals surface area contributed by atoms with E-state index in [-0.39, 0.29) is 11.7 Å². The van der Waals surface area contributed by atoms with E-state index in [1.807, 2.05) is 49.4 Å². The van der Waals surface area contributed by atoms with Crippen LogP contribution >= 0.6 is 0 Å². The fraction of sp³-hybridized carbons (Fsp3) is 0.545. The van der Waals surface area contributed by atoms with Crippen molar-refractivity contribution in [3.63, 3.8) is 0 Å². The Morgan fingerprint density at radius 2 is 1.94 bits per heavy atom. The number of carbonyl (C=O) groups is 1. The molecule has 3 heterocycles. The summed E-state index contributed by atoms with van der Waals surface area (Å²) in [6, 6.07) is 7.58. The van der Waals surface area contributed by atoms with Gasteiger partial charge in [0.2, 0.25) is 5.78 Å². The van der Waals surface area contributed by atoms with Gasteiger partial charge in [-0.15, -0.1) is 10.2 Å². The molecule has 0 unspecified atom stereocenters. The predicted molar refractivity (Wildman–Crippen MR) is 118 cm³/mol. The summed E-state index contributed by atoms with van der Waals surface area (Å²) in [5.41, 5.74) is 0.774. The molecular formula is C22H30N6O3. The fourth-order valence-electron chi connectivity index (χ4n) is 4.04. The highest BCUT2D eigenvalue weighted by molar-refractivity contribution is 5.80. The minimum atomic E-state index is -0.235. The van der Waals surface area contributed by atoms with Crippen molar-refractivity contribution in [2.45, 2.75) is 40.3 Å². The maximum atomic E-state index is 12.8. The molecule has 166 valence electrons. The molecule has 9 nitrogen and oxygen atoms in total. The van der Waals surface area contributed by atoms with Crippen LogP contribution in [0.25, 0.3) is 16.7 Å². The van der Waals surface area contributed by atoms with Crippen LogP contribution in [0, 0.1) is 5.92 Å². The Hall–Kier alpha value is -2.94. The average Bonchev–Trinajstić information content (AvgIpc) is 3.02. The molecule has 31 heavy (non-hydrogen) atoms. The second-order valence-corrected chi connectivity index (χ2v) is 8.41. The SMILES string of the molecule is CCn1c(=O)c2ccccc2n2c(CN3CCCN(C(=O)OCC(C)C)CC3)nnc12. The zero-order valence-electron chi connectivity index (χ0n) is 18.5. The topological polar surface area (TPSA) is 85.0 Å². The van der Waals surface area contributed by atoms with Gasteiger partial charge in [-0.05, 0) is 31.4 Å². The Morgan fingerprint density at radius 1 is 1.13 bits per heavy atom. The summed E-state index contributed by atoms with van der Waals surface area (Å²) in [6.07, 6.45) is 0.634. The molecule has 1 aromatic carbocycles. The lowest BCUT2D eigenvalue weighted by molar-refractivity contribution is 0.0929. The van der Waals surface area contributed by atoms with Crippen molar-refractivity contribution in [2.75, 3.05) is 32.8 Å². The maximum absolute atomic E-state index is 12.8. The van der Waals surface area contributed by atoms with Crippen molar-refractivity contribution in [1.82, 2.24) is 29.0 Å². The van der Waals surface area contributed by atoms with Crippen LogP contribution < -0.4 is 5.56 Å². The molecule has 0 spiro atoms. The van der Waals surface area contributed by atoms with E-state index in [1.54, 1.807) is 9.47 Å². The van der Waals surface area contributed by atoms with Gasteiger partial charge in [0.1, 0.15) is 0 Å². The first-order valence-corrected chi connectivity index (χ1v) is 11.0. The van der Waals surface area contributed by atoms with Gasteiger partial charge in [0, 0.05) is 32.7 Å². The van der Waals surface area contributed by atoms with Gasteiger partial charge in [-0.3, -0.25) is 18.7 Å². The Bertz CT molecular complexity index is 1140. The number of benzene rings is 1. The number of ether oxygens (including phenoxy) is 1. The third-order valence-electron chi connectivity index (χ3n) is 5.64. The summed E-state index contributed by atoms with van der Waals surface area (Å²) < 4.78 is 9.04. The molecule has 1 saturated heterocycles. The third kappa shape index (κ3) is 4.27. The van der Waals surface area contributed by atoms with E-state index < -0.39 is 0 Å². The molecule has 1 aliphatic heterocycles. The number of aryl methyl sites for hydroxylation is 1. The van der Waals surface area contributed by atoms with Crippen LogP contribution in [0.4, 0.5) is 4.79 Å². The van der Waals surface area contributed by atoms with Crippen molar-refractivity contribution in [3.05, 3.63) is 40.4 Å². The Labute approximate surface area is 181 Å². The first-order chi connectivity index (χ1) is 15.0. The first-order valence-electron chi connectivity index (χ1n) is 11.0. The molecule has 3 aromatic rings. The van der Waals surface area contributed by atoms with E-state index in [1.165, 1.54) is 0 Å². The van der Waals surface area contributed by atoms with Gasteiger partial charge < -0.3 is 9.64 Å². The number of amides is 1. The summed E-state index contributed by atoms with van der Waals surface area (Å²) in [5.74, 6) is 1.68. The van der Waals surface area contributed by atoms with E-state index in [0.29, 0.717) is 49.9 Å². The summed E-state index contributed by atoms with van der Waals surface area (Å²) in [7, 11) is 0. The summed E-state index contributed by atoms with van der Waals surface area (Å²) in [5, 5.41) is 9.43. The van der Waals surface area contributed by atoms with Crippen LogP contribution in [0.2, 0.25) is 0 Å². The predicted octanol–water partition coefficient (Wildman–Crippen LogP) is 2.36. The number of fused-ring (bicyclic) bond motifs is 3. The van der Waals surface area contributed by atoms with Crippen LogP contribution in [0.1, 0.15) is 33.0 Å². The lowest BCUT2D eigenvalue weighted by Crippen LogP contribution is -2.36. The number of para-hydroxylation sites is 1. The van der Waals surface area contributed by atoms with E-state index >= 15 is 0 Å². The highest BCUT2D eigenvalue weighted by atomic mass is 16.6. The Balaban J connectivity index is 1.56. The minimum absolute atomic E-state index is 0.0464. The lowest BCUT2D eigenvalue weighted by Gasteiger charge is -2.21. The first kappa shape index (κ1) is 21.3. The monoisotopic (exact) mass is 426 g/mol. The second kappa shape index (κ2) is 9.05. The highest BCUT2D eigenvalue weighted by Crippen LogP contribution is 2.16. The van der Waals surface area contributed by atoms with E-state index in [0.717, 1.165) is 30.9 Å². The fourth-order valence-corrected chi connectivity index (χ4v) is 4.04. The quantitative estimate of drug-likeness (QED) is 0.623. The lowest BCUT2D eigenvalue weighted by atomic mass is 10.2. The largest absolute Gasteiger partial charge is 0.449 e. The van der Waals surface area contributed by atoms with Crippen LogP contribution in [0.15, 0.2) is 29.1 Å². The molecule has 9 heteroatoms. The highest BCUT2D eigenvalue weighted by Gasteiger charge is 2.23. The van der Waals surface area contributed by atoms with Crippen LogP contribution in [-0.4, -0.2) is 67.8 Å². The van der Waals surface area contributed by atoms with Crippen LogP contribution in [-0.2, 0) is 17.8 Å². The summed E-state index contributed by atoms with van der Waals surface area (Å²) >= 11 is 0. The van der Waals surface area contributed by atoms with Crippen molar-refractivity contribution in [3.8, 4) is 0 Å². The van der Waals surface area contributed by atoms with E-state index in [2.05, 4.69) is 15.1 Å². The standard InChI is InChI=1S/C22H30N6O3/c1-4-27-20(29)17-8-5-6-9-18(17)28-19(23-24-21(27)28)14-25-10-7-11-26(13-12-25)22(30)31-15-16(2)3/h5-6,8-9,16H,4,7,10-15H2,1-3H3. The molecule has 0 aliphatic carbocycles. The van der Waals surface area contributed by atoms with E-state index in [4.69, 9.17) is 4.74 Å². The van der Waals surface area contributed by atoms with Gasteiger partial charge in [-0.25, -0.2) is 4.79 Å². The van der Waals surface area contributed by atoms with Crippen molar-refractivity contribution >= 4 is 22.8 Å². The number of aromatic nitrogens is 4. The molecular weight excluding hydrogens is 396 g/mol. The zero-order chi connectivity index (χ0) is 22.0. The molecule has 0 radical (unpaired) electrons. The summed E-state index contributed by atoms with van der Waals surface area (Å²) in [4.78, 5) is 29.2. The molecule has 0 N–H and O–H groups in total. The van der Waals surface area contributed by atoms with Gasteiger partial charge >= 0.3 is 6.09 Å².